The Bertz CT molecular complexity index is 385. The van der Waals surface area contributed by atoms with Crippen molar-refractivity contribution in [3.63, 3.8) is 0 Å². The van der Waals surface area contributed by atoms with E-state index in [0.29, 0.717) is 5.92 Å². The molecule has 4 heteroatoms. The molecule has 0 saturated carbocycles. The summed E-state index contributed by atoms with van der Waals surface area (Å²) in [6.45, 7) is 9.37. The van der Waals surface area contributed by atoms with Crippen LogP contribution in [0.1, 0.15) is 32.8 Å². The van der Waals surface area contributed by atoms with Crippen molar-refractivity contribution in [3.8, 4) is 5.75 Å². The molecule has 1 rings (SSSR count). The molecule has 0 fully saturated rings. The van der Waals surface area contributed by atoms with Gasteiger partial charge in [-0.1, -0.05) is 26.8 Å². The van der Waals surface area contributed by atoms with Crippen LogP contribution in [0, 0.1) is 5.92 Å². The molecule has 0 aromatic heterocycles. The van der Waals surface area contributed by atoms with Gasteiger partial charge in [-0.2, -0.15) is 11.8 Å². The first kappa shape index (κ1) is 17.9. The topological polar surface area (TPSA) is 21.3 Å². The van der Waals surface area contributed by atoms with E-state index in [9.17, 15) is 0 Å². The minimum Gasteiger partial charge on any atom is -0.492 e. The van der Waals surface area contributed by atoms with E-state index in [4.69, 9.17) is 4.74 Å². The van der Waals surface area contributed by atoms with Crippen LogP contribution in [-0.4, -0.2) is 24.7 Å². The molecule has 0 aliphatic heterocycles. The summed E-state index contributed by atoms with van der Waals surface area (Å²) in [4.78, 5) is 0. The first-order valence-electron chi connectivity index (χ1n) is 7.33. The zero-order valence-corrected chi connectivity index (χ0v) is 15.1. The van der Waals surface area contributed by atoms with Gasteiger partial charge in [-0.05, 0) is 64.0 Å². The van der Waals surface area contributed by atoms with E-state index in [1.54, 1.807) is 0 Å². The van der Waals surface area contributed by atoms with Crippen LogP contribution in [0.4, 0.5) is 0 Å². The third-order valence-electron chi connectivity index (χ3n) is 2.77. The summed E-state index contributed by atoms with van der Waals surface area (Å²) in [6.07, 6.45) is 1.10. The Balaban J connectivity index is 2.35. The fourth-order valence-electron chi connectivity index (χ4n) is 1.76. The maximum Gasteiger partial charge on any atom is 0.133 e. The molecule has 0 bridgehead atoms. The molecule has 0 aliphatic rings. The zero-order valence-electron chi connectivity index (χ0n) is 12.7. The van der Waals surface area contributed by atoms with E-state index in [-0.39, 0.29) is 0 Å². The fraction of sp³-hybridized carbons (Fsp3) is 0.625. The minimum absolute atomic E-state index is 0.682. The van der Waals surface area contributed by atoms with Crippen molar-refractivity contribution in [2.45, 2.75) is 33.7 Å². The van der Waals surface area contributed by atoms with Gasteiger partial charge < -0.3 is 10.1 Å². The van der Waals surface area contributed by atoms with Crippen LogP contribution in [0.2, 0.25) is 0 Å². The van der Waals surface area contributed by atoms with Crippen molar-refractivity contribution in [1.82, 2.24) is 5.32 Å². The van der Waals surface area contributed by atoms with E-state index in [1.807, 2.05) is 11.8 Å². The molecule has 1 N–H and O–H groups in total. The predicted molar refractivity (Wildman–Crippen MR) is 93.8 cm³/mol. The second-order valence-electron chi connectivity index (χ2n) is 5.19. The summed E-state index contributed by atoms with van der Waals surface area (Å²) in [7, 11) is 0. The van der Waals surface area contributed by atoms with Crippen LogP contribution >= 0.6 is 27.7 Å². The standard InChI is InChI=1S/C16H26BrNOS/c1-4-20-9-5-8-19-16-7-6-14(10-15(16)17)12-18-11-13(2)3/h6-7,10,13,18H,4-5,8-9,11-12H2,1-3H3. The third-order valence-corrected chi connectivity index (χ3v) is 4.38. The van der Waals surface area contributed by atoms with Crippen molar-refractivity contribution in [2.24, 2.45) is 5.92 Å². The average molecular weight is 360 g/mol. The Morgan fingerprint density at radius 3 is 2.80 bits per heavy atom. The molecular weight excluding hydrogens is 334 g/mol. The Morgan fingerprint density at radius 2 is 2.15 bits per heavy atom. The van der Waals surface area contributed by atoms with Gasteiger partial charge in [0.1, 0.15) is 5.75 Å². The molecule has 1 aromatic carbocycles. The number of rotatable bonds is 10. The second-order valence-corrected chi connectivity index (χ2v) is 7.44. The highest BCUT2D eigenvalue weighted by Crippen LogP contribution is 2.26. The minimum atomic E-state index is 0.682. The maximum absolute atomic E-state index is 5.80. The van der Waals surface area contributed by atoms with Gasteiger partial charge in [-0.25, -0.2) is 0 Å². The van der Waals surface area contributed by atoms with Gasteiger partial charge >= 0.3 is 0 Å². The lowest BCUT2D eigenvalue weighted by molar-refractivity contribution is 0.316. The number of hydrogen-bond donors (Lipinski definition) is 1. The maximum atomic E-state index is 5.80. The zero-order chi connectivity index (χ0) is 14.8. The first-order chi connectivity index (χ1) is 9.63. The lowest BCUT2D eigenvalue weighted by atomic mass is 10.2. The average Bonchev–Trinajstić information content (AvgIpc) is 2.40. The van der Waals surface area contributed by atoms with Crippen molar-refractivity contribution in [1.29, 1.82) is 0 Å². The summed E-state index contributed by atoms with van der Waals surface area (Å²) in [5, 5.41) is 3.45. The highest BCUT2D eigenvalue weighted by molar-refractivity contribution is 9.10. The summed E-state index contributed by atoms with van der Waals surface area (Å²) < 4.78 is 6.85. The molecule has 0 heterocycles. The number of nitrogens with one attached hydrogen (secondary N) is 1. The van der Waals surface area contributed by atoms with Gasteiger partial charge in [-0.3, -0.25) is 0 Å². The smallest absolute Gasteiger partial charge is 0.133 e. The monoisotopic (exact) mass is 359 g/mol. The lowest BCUT2D eigenvalue weighted by Gasteiger charge is -2.11. The van der Waals surface area contributed by atoms with Crippen molar-refractivity contribution < 1.29 is 4.74 Å². The number of ether oxygens (including phenoxy) is 1. The normalized spacial score (nSPS) is 11.1. The lowest BCUT2D eigenvalue weighted by Crippen LogP contribution is -2.18. The Hall–Kier alpha value is -0.190. The van der Waals surface area contributed by atoms with Gasteiger partial charge in [0.2, 0.25) is 0 Å². The van der Waals surface area contributed by atoms with Crippen LogP contribution in [0.15, 0.2) is 22.7 Å². The van der Waals surface area contributed by atoms with E-state index in [0.717, 1.165) is 36.3 Å². The molecule has 20 heavy (non-hydrogen) atoms. The van der Waals surface area contributed by atoms with E-state index in [1.165, 1.54) is 17.1 Å². The molecule has 0 radical (unpaired) electrons. The van der Waals surface area contributed by atoms with E-state index < -0.39 is 0 Å². The number of benzene rings is 1. The molecule has 0 aliphatic carbocycles. The Morgan fingerprint density at radius 1 is 1.35 bits per heavy atom. The summed E-state index contributed by atoms with van der Waals surface area (Å²) >= 11 is 5.55. The number of thioether (sulfide) groups is 1. The molecule has 0 atom stereocenters. The van der Waals surface area contributed by atoms with Gasteiger partial charge in [0.05, 0.1) is 11.1 Å². The molecule has 2 nitrogen and oxygen atoms in total. The highest BCUT2D eigenvalue weighted by Gasteiger charge is 2.03. The first-order valence-corrected chi connectivity index (χ1v) is 9.28. The quantitative estimate of drug-likeness (QED) is 0.610. The van der Waals surface area contributed by atoms with Gasteiger partial charge in [0.15, 0.2) is 0 Å². The summed E-state index contributed by atoms with van der Waals surface area (Å²) in [5.74, 6) is 3.98. The Labute approximate surface area is 136 Å². The van der Waals surface area contributed by atoms with E-state index in [2.05, 4.69) is 60.2 Å². The molecule has 0 unspecified atom stereocenters. The van der Waals surface area contributed by atoms with Crippen LogP contribution in [0.3, 0.4) is 0 Å². The molecule has 1 aromatic rings. The SMILES string of the molecule is CCSCCCOc1ccc(CNCC(C)C)cc1Br. The van der Waals surface area contributed by atoms with Crippen LogP contribution in [-0.2, 0) is 6.54 Å². The highest BCUT2D eigenvalue weighted by atomic mass is 79.9. The van der Waals surface area contributed by atoms with Gasteiger partial charge in [0.25, 0.3) is 0 Å². The summed E-state index contributed by atoms with van der Waals surface area (Å²) in [6, 6.07) is 6.33. The molecular formula is C16H26BrNOS. The van der Waals surface area contributed by atoms with Crippen molar-refractivity contribution in [2.75, 3.05) is 24.7 Å². The van der Waals surface area contributed by atoms with Crippen LogP contribution in [0.25, 0.3) is 0 Å². The van der Waals surface area contributed by atoms with Gasteiger partial charge in [0, 0.05) is 6.54 Å². The second kappa shape index (κ2) is 10.5. The fourth-order valence-corrected chi connectivity index (χ4v) is 2.92. The third kappa shape index (κ3) is 7.55. The van der Waals surface area contributed by atoms with E-state index >= 15 is 0 Å². The molecule has 0 spiro atoms. The number of hydrogen-bond acceptors (Lipinski definition) is 3. The Kier molecular flexibility index (Phi) is 9.40. The summed E-state index contributed by atoms with van der Waals surface area (Å²) in [5.41, 5.74) is 1.28. The number of halogens is 1. The molecule has 114 valence electrons. The molecule has 0 amide bonds. The van der Waals surface area contributed by atoms with Crippen molar-refractivity contribution >= 4 is 27.7 Å². The van der Waals surface area contributed by atoms with Crippen molar-refractivity contribution in [3.05, 3.63) is 28.2 Å². The predicted octanol–water partition coefficient (Wildman–Crippen LogP) is 4.72. The van der Waals surface area contributed by atoms with Crippen LogP contribution < -0.4 is 10.1 Å². The van der Waals surface area contributed by atoms with Gasteiger partial charge in [-0.15, -0.1) is 0 Å². The van der Waals surface area contributed by atoms with Crippen LogP contribution in [0.5, 0.6) is 5.75 Å². The molecule has 0 saturated heterocycles. The largest absolute Gasteiger partial charge is 0.492 e.